The van der Waals surface area contributed by atoms with Gasteiger partial charge in [-0.05, 0) is 62.8 Å². The molecule has 1 aliphatic heterocycles. The van der Waals surface area contributed by atoms with Crippen LogP contribution in [-0.4, -0.2) is 37.2 Å². The van der Waals surface area contributed by atoms with Crippen LogP contribution >= 0.6 is 0 Å². The van der Waals surface area contributed by atoms with Crippen LogP contribution < -0.4 is 0 Å². The Bertz CT molecular complexity index is 545. The van der Waals surface area contributed by atoms with Gasteiger partial charge in [0, 0.05) is 19.2 Å². The van der Waals surface area contributed by atoms with E-state index in [0.717, 1.165) is 19.6 Å². The molecule has 2 rings (SSSR count). The van der Waals surface area contributed by atoms with Crippen LogP contribution in [0.1, 0.15) is 52.5 Å². The molecular formula is C21H32FNO. The van der Waals surface area contributed by atoms with Gasteiger partial charge in [-0.2, -0.15) is 0 Å². The second-order valence-corrected chi connectivity index (χ2v) is 7.90. The first-order chi connectivity index (χ1) is 11.3. The van der Waals surface area contributed by atoms with Gasteiger partial charge in [-0.1, -0.05) is 37.6 Å². The molecule has 1 aliphatic rings. The van der Waals surface area contributed by atoms with Gasteiger partial charge in [0.05, 0.1) is 6.61 Å². The van der Waals surface area contributed by atoms with Gasteiger partial charge in [0.15, 0.2) is 0 Å². The highest BCUT2D eigenvalue weighted by Crippen LogP contribution is 2.33. The van der Waals surface area contributed by atoms with Gasteiger partial charge in [-0.15, -0.1) is 0 Å². The molecule has 3 heteroatoms. The van der Waals surface area contributed by atoms with Crippen LogP contribution in [0.15, 0.2) is 35.9 Å². The van der Waals surface area contributed by atoms with Crippen molar-refractivity contribution in [2.24, 2.45) is 0 Å². The number of nitrogens with zero attached hydrogens (tertiary/aromatic N) is 1. The summed E-state index contributed by atoms with van der Waals surface area (Å²) in [7, 11) is 1.79. The molecule has 0 spiro atoms. The molecule has 0 bridgehead atoms. The van der Waals surface area contributed by atoms with Crippen molar-refractivity contribution in [3.63, 3.8) is 0 Å². The number of methoxy groups -OCH3 is 1. The van der Waals surface area contributed by atoms with E-state index in [1.165, 1.54) is 24.0 Å². The van der Waals surface area contributed by atoms with Crippen molar-refractivity contribution < 1.29 is 9.13 Å². The summed E-state index contributed by atoms with van der Waals surface area (Å²) in [5, 5.41) is 0. The predicted octanol–water partition coefficient (Wildman–Crippen LogP) is 4.94. The molecule has 0 radical (unpaired) electrons. The second-order valence-electron chi connectivity index (χ2n) is 7.90. The molecule has 2 nitrogen and oxygen atoms in total. The Morgan fingerprint density at radius 2 is 2.00 bits per heavy atom. The van der Waals surface area contributed by atoms with Crippen LogP contribution in [0, 0.1) is 5.82 Å². The highest BCUT2D eigenvalue weighted by Gasteiger charge is 2.33. The number of hydrogen-bond acceptors (Lipinski definition) is 2. The fraction of sp³-hybridized carbons (Fsp3) is 0.619. The normalized spacial score (nSPS) is 20.2. The lowest BCUT2D eigenvalue weighted by Crippen LogP contribution is -2.43. The molecule has 0 amide bonds. The first-order valence-electron chi connectivity index (χ1n) is 8.99. The lowest BCUT2D eigenvalue weighted by molar-refractivity contribution is 0.0925. The van der Waals surface area contributed by atoms with Gasteiger partial charge < -0.3 is 4.74 Å². The molecule has 2 atom stereocenters. The largest absolute Gasteiger partial charge is 0.383 e. The van der Waals surface area contributed by atoms with Crippen molar-refractivity contribution in [2.75, 3.05) is 20.3 Å². The number of benzene rings is 1. The molecule has 0 aliphatic carbocycles. The highest BCUT2D eigenvalue weighted by molar-refractivity contribution is 5.25. The predicted molar refractivity (Wildman–Crippen MR) is 98.9 cm³/mol. The summed E-state index contributed by atoms with van der Waals surface area (Å²) in [4.78, 5) is 2.60. The third kappa shape index (κ3) is 4.90. The minimum Gasteiger partial charge on any atom is -0.383 e. The van der Waals surface area contributed by atoms with Gasteiger partial charge in [0.2, 0.25) is 0 Å². The monoisotopic (exact) mass is 333 g/mol. The second kappa shape index (κ2) is 8.26. The number of hydrogen-bond donors (Lipinski definition) is 0. The zero-order chi connectivity index (χ0) is 17.7. The maximum atomic E-state index is 13.3. The molecule has 0 saturated carbocycles. The first kappa shape index (κ1) is 19.1. The Kier molecular flexibility index (Phi) is 6.59. The molecular weight excluding hydrogens is 301 g/mol. The van der Waals surface area contributed by atoms with E-state index in [9.17, 15) is 4.39 Å². The quantitative estimate of drug-likeness (QED) is 0.655. The average molecular weight is 333 g/mol. The summed E-state index contributed by atoms with van der Waals surface area (Å²) in [6.45, 7) is 10.8. The summed E-state index contributed by atoms with van der Waals surface area (Å²) in [5.41, 5.74) is 2.53. The Balaban J connectivity index is 2.21. The average Bonchev–Trinajstić information content (AvgIpc) is 2.95. The van der Waals surface area contributed by atoms with E-state index in [0.29, 0.717) is 12.1 Å². The fourth-order valence-electron chi connectivity index (χ4n) is 3.86. The molecule has 24 heavy (non-hydrogen) atoms. The number of rotatable bonds is 7. The SMILES string of the molecule is COC[C@H]1CCCN1C(C=C(C)C)CC(C)(C)c1ccc(F)cc1. The topological polar surface area (TPSA) is 12.5 Å². The Morgan fingerprint density at radius 3 is 2.58 bits per heavy atom. The zero-order valence-electron chi connectivity index (χ0n) is 15.8. The van der Waals surface area contributed by atoms with Crippen LogP contribution in [0.2, 0.25) is 0 Å². The number of ether oxygens (including phenoxy) is 1. The summed E-state index contributed by atoms with van der Waals surface area (Å²) in [5.74, 6) is -0.171. The van der Waals surface area contributed by atoms with E-state index in [1.807, 2.05) is 12.1 Å². The molecule has 0 aromatic heterocycles. The first-order valence-corrected chi connectivity index (χ1v) is 8.99. The van der Waals surface area contributed by atoms with Crippen molar-refractivity contribution in [1.29, 1.82) is 0 Å². The van der Waals surface area contributed by atoms with E-state index in [-0.39, 0.29) is 11.2 Å². The lowest BCUT2D eigenvalue weighted by atomic mass is 9.78. The van der Waals surface area contributed by atoms with Gasteiger partial charge >= 0.3 is 0 Å². The van der Waals surface area contributed by atoms with E-state index in [2.05, 4.69) is 38.7 Å². The van der Waals surface area contributed by atoms with Crippen molar-refractivity contribution in [1.82, 2.24) is 4.90 Å². The summed E-state index contributed by atoms with van der Waals surface area (Å²) in [6, 6.07) is 7.86. The Hall–Kier alpha value is -1.19. The van der Waals surface area contributed by atoms with Gasteiger partial charge in [0.1, 0.15) is 5.82 Å². The van der Waals surface area contributed by atoms with Gasteiger partial charge in [-0.3, -0.25) is 4.90 Å². The minimum absolute atomic E-state index is 0.00940. The van der Waals surface area contributed by atoms with E-state index in [1.54, 1.807) is 19.2 Å². The maximum absolute atomic E-state index is 13.3. The van der Waals surface area contributed by atoms with Crippen LogP contribution in [0.4, 0.5) is 4.39 Å². The van der Waals surface area contributed by atoms with Crippen molar-refractivity contribution in [3.05, 3.63) is 47.3 Å². The van der Waals surface area contributed by atoms with Crippen LogP contribution in [-0.2, 0) is 10.2 Å². The van der Waals surface area contributed by atoms with E-state index < -0.39 is 0 Å². The molecule has 1 fully saturated rings. The van der Waals surface area contributed by atoms with Crippen molar-refractivity contribution in [2.45, 2.75) is 64.5 Å². The minimum atomic E-state index is -0.171. The fourth-order valence-corrected chi connectivity index (χ4v) is 3.86. The molecule has 1 aromatic rings. The third-order valence-corrected chi connectivity index (χ3v) is 5.08. The molecule has 1 aromatic carbocycles. The van der Waals surface area contributed by atoms with Crippen molar-refractivity contribution in [3.8, 4) is 0 Å². The van der Waals surface area contributed by atoms with E-state index in [4.69, 9.17) is 4.74 Å². The van der Waals surface area contributed by atoms with Gasteiger partial charge in [0.25, 0.3) is 0 Å². The Labute approximate surface area is 146 Å². The molecule has 1 heterocycles. The molecule has 1 saturated heterocycles. The lowest BCUT2D eigenvalue weighted by Gasteiger charge is -2.37. The van der Waals surface area contributed by atoms with Crippen molar-refractivity contribution >= 4 is 0 Å². The van der Waals surface area contributed by atoms with Crippen LogP contribution in [0.3, 0.4) is 0 Å². The van der Waals surface area contributed by atoms with Crippen LogP contribution in [0.5, 0.6) is 0 Å². The van der Waals surface area contributed by atoms with Crippen LogP contribution in [0.25, 0.3) is 0 Å². The maximum Gasteiger partial charge on any atom is 0.123 e. The number of likely N-dealkylation sites (tertiary alicyclic amines) is 1. The smallest absolute Gasteiger partial charge is 0.123 e. The molecule has 1 unspecified atom stereocenters. The summed E-state index contributed by atoms with van der Waals surface area (Å²) >= 11 is 0. The molecule has 0 N–H and O–H groups in total. The highest BCUT2D eigenvalue weighted by atomic mass is 19.1. The summed E-state index contributed by atoms with van der Waals surface area (Å²) in [6.07, 6.45) is 5.85. The number of allylic oxidation sites excluding steroid dienone is 1. The molecule has 134 valence electrons. The zero-order valence-corrected chi connectivity index (χ0v) is 15.8. The summed E-state index contributed by atoms with van der Waals surface area (Å²) < 4.78 is 18.7. The standard InChI is InChI=1S/C21H32FNO/c1-16(2)13-20(23-12-6-7-19(23)15-24-5)14-21(3,4)17-8-10-18(22)11-9-17/h8-11,13,19-20H,6-7,12,14-15H2,1-5H3/t19-,20?/m1/s1. The number of halogens is 1. The van der Waals surface area contributed by atoms with Gasteiger partial charge in [-0.25, -0.2) is 4.39 Å². The Morgan fingerprint density at radius 1 is 1.33 bits per heavy atom. The van der Waals surface area contributed by atoms with E-state index >= 15 is 0 Å². The third-order valence-electron chi connectivity index (χ3n) is 5.08.